The Bertz CT molecular complexity index is 268. The highest BCUT2D eigenvalue weighted by atomic mass is 16.6. The van der Waals surface area contributed by atoms with Crippen LogP contribution in [0.4, 0.5) is 0 Å². The number of carbonyl (C=O) groups excluding carboxylic acids is 1. The van der Waals surface area contributed by atoms with Gasteiger partial charge in [0, 0.05) is 19.3 Å². The number of hydrogen-bond acceptors (Lipinski definition) is 4. The zero-order chi connectivity index (χ0) is 8.97. The lowest BCUT2D eigenvalue weighted by Crippen LogP contribution is -1.98. The van der Waals surface area contributed by atoms with Gasteiger partial charge >= 0.3 is 0 Å². The van der Waals surface area contributed by atoms with Gasteiger partial charge in [-0.1, -0.05) is 17.2 Å². The number of Topliss-reactive ketones (excluding diaryl/α,β-unsaturated/α-hetero) is 1. The van der Waals surface area contributed by atoms with Crippen LogP contribution in [-0.2, 0) is 11.2 Å². The Labute approximate surface area is 70.9 Å². The van der Waals surface area contributed by atoms with Gasteiger partial charge in [0.1, 0.15) is 17.2 Å². The van der Waals surface area contributed by atoms with Gasteiger partial charge in [-0.05, 0) is 6.92 Å². The van der Waals surface area contributed by atoms with E-state index in [1.165, 1.54) is 0 Å². The quantitative estimate of drug-likeness (QED) is 0.679. The highest BCUT2D eigenvalue weighted by Gasteiger charge is 2.06. The summed E-state index contributed by atoms with van der Waals surface area (Å²) in [6, 6.07) is 0. The summed E-state index contributed by atoms with van der Waals surface area (Å²) >= 11 is 0. The van der Waals surface area contributed by atoms with Crippen LogP contribution in [-0.4, -0.2) is 16.1 Å². The largest absolute Gasteiger partial charge is 0.300 e. The Hall–Kier alpha value is -1.19. The zero-order valence-electron chi connectivity index (χ0n) is 7.33. The molecule has 0 saturated carbocycles. The highest BCUT2D eigenvalue weighted by molar-refractivity contribution is 5.78. The number of nitrogens with zero attached hydrogens (tertiary/aromatic N) is 2. The highest BCUT2D eigenvalue weighted by Crippen LogP contribution is 2.04. The van der Waals surface area contributed by atoms with Crippen molar-refractivity contribution in [3.8, 4) is 0 Å². The van der Waals surface area contributed by atoms with Crippen LogP contribution >= 0.6 is 0 Å². The average molecular weight is 168 g/mol. The van der Waals surface area contributed by atoms with Gasteiger partial charge in [0.15, 0.2) is 0 Å². The summed E-state index contributed by atoms with van der Waals surface area (Å²) in [6.45, 7) is 3.68. The zero-order valence-corrected chi connectivity index (χ0v) is 7.33. The van der Waals surface area contributed by atoms with E-state index in [9.17, 15) is 4.79 Å². The van der Waals surface area contributed by atoms with E-state index in [2.05, 4.69) is 14.9 Å². The van der Waals surface area contributed by atoms with E-state index in [-0.39, 0.29) is 5.78 Å². The maximum atomic E-state index is 10.9. The summed E-state index contributed by atoms with van der Waals surface area (Å²) in [5, 5.41) is 7.31. The fraction of sp³-hybridized carbons (Fsp3) is 0.625. The summed E-state index contributed by atoms with van der Waals surface area (Å²) in [5.74, 6) is 0.248. The number of rotatable bonds is 4. The molecule has 1 rings (SSSR count). The molecule has 0 radical (unpaired) electrons. The summed E-state index contributed by atoms with van der Waals surface area (Å²) in [6.07, 6.45) is 1.76. The van der Waals surface area contributed by atoms with E-state index in [1.54, 1.807) is 0 Å². The first kappa shape index (κ1) is 8.90. The van der Waals surface area contributed by atoms with Gasteiger partial charge in [0.25, 0.3) is 0 Å². The number of hydrogen-bond donors (Lipinski definition) is 0. The van der Waals surface area contributed by atoms with Crippen LogP contribution in [0.1, 0.15) is 31.2 Å². The molecule has 0 amide bonds. The molecule has 0 atom stereocenters. The van der Waals surface area contributed by atoms with Crippen LogP contribution in [0.2, 0.25) is 0 Å². The second-order valence-electron chi connectivity index (χ2n) is 2.69. The predicted octanol–water partition coefficient (Wildman–Crippen LogP) is 1.29. The third kappa shape index (κ3) is 2.15. The molecule has 0 N–H and O–H groups in total. The van der Waals surface area contributed by atoms with Crippen molar-refractivity contribution < 1.29 is 9.42 Å². The number of carbonyl (C=O) groups is 1. The Kier molecular flexibility index (Phi) is 2.96. The van der Waals surface area contributed by atoms with Crippen molar-refractivity contribution in [1.82, 2.24) is 10.3 Å². The first-order chi connectivity index (χ1) is 5.74. The molecule has 0 aromatic carbocycles. The van der Waals surface area contributed by atoms with Gasteiger partial charge in [-0.15, -0.1) is 0 Å². The summed E-state index contributed by atoms with van der Waals surface area (Å²) in [7, 11) is 0. The summed E-state index contributed by atoms with van der Waals surface area (Å²) in [4.78, 5) is 10.9. The minimum absolute atomic E-state index is 0.248. The first-order valence-corrected chi connectivity index (χ1v) is 4.03. The molecule has 0 bridgehead atoms. The Balaban J connectivity index is 2.43. The molecule has 0 aliphatic heterocycles. The van der Waals surface area contributed by atoms with Gasteiger partial charge in [-0.3, -0.25) is 4.79 Å². The smallest absolute Gasteiger partial charge is 0.133 e. The standard InChI is InChI=1S/C8H12N2O2/c1-3-7(11)4-5-8-6(2)9-12-10-8/h3-5H2,1-2H3. The van der Waals surface area contributed by atoms with Crippen LogP contribution in [0, 0.1) is 6.92 Å². The molecule has 1 aromatic heterocycles. The molecule has 1 aromatic rings. The van der Waals surface area contributed by atoms with Crippen molar-refractivity contribution in [2.75, 3.05) is 0 Å². The molecule has 4 nitrogen and oxygen atoms in total. The Morgan fingerprint density at radius 1 is 1.50 bits per heavy atom. The molecule has 0 saturated heterocycles. The van der Waals surface area contributed by atoms with Gasteiger partial charge in [0.05, 0.1) is 0 Å². The van der Waals surface area contributed by atoms with Crippen molar-refractivity contribution >= 4 is 5.78 Å². The fourth-order valence-electron chi connectivity index (χ4n) is 0.911. The van der Waals surface area contributed by atoms with E-state index in [1.807, 2.05) is 13.8 Å². The summed E-state index contributed by atoms with van der Waals surface area (Å²) < 4.78 is 4.50. The van der Waals surface area contributed by atoms with E-state index in [0.29, 0.717) is 19.3 Å². The third-order valence-electron chi connectivity index (χ3n) is 1.78. The molecule has 0 aliphatic carbocycles. The van der Waals surface area contributed by atoms with E-state index in [4.69, 9.17) is 0 Å². The maximum absolute atomic E-state index is 10.9. The SMILES string of the molecule is CCC(=O)CCc1nonc1C. The number of aryl methyl sites for hydroxylation is 2. The average Bonchev–Trinajstić information content (AvgIpc) is 2.47. The van der Waals surface area contributed by atoms with Crippen LogP contribution in [0.3, 0.4) is 0 Å². The van der Waals surface area contributed by atoms with Crippen LogP contribution in [0.15, 0.2) is 4.63 Å². The van der Waals surface area contributed by atoms with Crippen LogP contribution < -0.4 is 0 Å². The molecule has 4 heteroatoms. The molecule has 0 aliphatic rings. The molecule has 12 heavy (non-hydrogen) atoms. The molecular weight excluding hydrogens is 156 g/mol. The Morgan fingerprint density at radius 3 is 2.75 bits per heavy atom. The van der Waals surface area contributed by atoms with E-state index >= 15 is 0 Å². The number of ketones is 1. The number of aromatic nitrogens is 2. The van der Waals surface area contributed by atoms with Gasteiger partial charge in [-0.25, -0.2) is 4.63 Å². The Morgan fingerprint density at radius 2 is 2.25 bits per heavy atom. The maximum Gasteiger partial charge on any atom is 0.133 e. The summed E-state index contributed by atoms with van der Waals surface area (Å²) in [5.41, 5.74) is 1.57. The second-order valence-corrected chi connectivity index (χ2v) is 2.69. The van der Waals surface area contributed by atoms with Gasteiger partial charge in [0.2, 0.25) is 0 Å². The minimum atomic E-state index is 0.248. The minimum Gasteiger partial charge on any atom is -0.300 e. The predicted molar refractivity (Wildman–Crippen MR) is 42.7 cm³/mol. The van der Waals surface area contributed by atoms with Crippen molar-refractivity contribution in [3.63, 3.8) is 0 Å². The fourth-order valence-corrected chi connectivity index (χ4v) is 0.911. The van der Waals surface area contributed by atoms with Crippen LogP contribution in [0.25, 0.3) is 0 Å². The lowest BCUT2D eigenvalue weighted by molar-refractivity contribution is -0.118. The normalized spacial score (nSPS) is 10.2. The third-order valence-corrected chi connectivity index (χ3v) is 1.78. The molecule has 0 spiro atoms. The van der Waals surface area contributed by atoms with Gasteiger partial charge < -0.3 is 0 Å². The van der Waals surface area contributed by atoms with Crippen molar-refractivity contribution in [1.29, 1.82) is 0 Å². The van der Waals surface area contributed by atoms with E-state index < -0.39 is 0 Å². The molecular formula is C8H12N2O2. The van der Waals surface area contributed by atoms with Crippen molar-refractivity contribution in [2.45, 2.75) is 33.1 Å². The second kappa shape index (κ2) is 3.99. The molecule has 0 fully saturated rings. The van der Waals surface area contributed by atoms with E-state index in [0.717, 1.165) is 11.4 Å². The van der Waals surface area contributed by atoms with Crippen molar-refractivity contribution in [3.05, 3.63) is 11.4 Å². The van der Waals surface area contributed by atoms with Crippen LogP contribution in [0.5, 0.6) is 0 Å². The first-order valence-electron chi connectivity index (χ1n) is 4.03. The van der Waals surface area contributed by atoms with Gasteiger partial charge in [-0.2, -0.15) is 0 Å². The lowest BCUT2D eigenvalue weighted by atomic mass is 10.1. The van der Waals surface area contributed by atoms with Crippen molar-refractivity contribution in [2.24, 2.45) is 0 Å². The lowest BCUT2D eigenvalue weighted by Gasteiger charge is -1.93. The molecule has 0 unspecified atom stereocenters. The molecule has 1 heterocycles. The molecule has 66 valence electrons. The monoisotopic (exact) mass is 168 g/mol. The topological polar surface area (TPSA) is 56.0 Å².